The highest BCUT2D eigenvalue weighted by molar-refractivity contribution is 6.06. The van der Waals surface area contributed by atoms with Gasteiger partial charge in [0, 0.05) is 0 Å². The fourth-order valence-corrected chi connectivity index (χ4v) is 1.48. The van der Waals surface area contributed by atoms with Crippen molar-refractivity contribution in [2.45, 2.75) is 6.92 Å². The van der Waals surface area contributed by atoms with Gasteiger partial charge in [-0.05, 0) is 19.1 Å². The number of aromatic amines is 1. The second-order valence-corrected chi connectivity index (χ2v) is 3.63. The van der Waals surface area contributed by atoms with Gasteiger partial charge in [0.2, 0.25) is 5.95 Å². The number of imidazole rings is 1. The Balaban J connectivity index is 2.27. The van der Waals surface area contributed by atoms with Crippen LogP contribution in [0.1, 0.15) is 6.92 Å². The van der Waals surface area contributed by atoms with E-state index < -0.39 is 5.91 Å². The van der Waals surface area contributed by atoms with Gasteiger partial charge in [0.05, 0.1) is 11.0 Å². The molecule has 1 heterocycles. The van der Waals surface area contributed by atoms with Gasteiger partial charge in [-0.3, -0.25) is 10.1 Å². The Hall–Kier alpha value is -2.81. The average Bonchev–Trinajstić information content (AvgIpc) is 2.71. The molecule has 18 heavy (non-hydrogen) atoms. The van der Waals surface area contributed by atoms with Gasteiger partial charge in [-0.15, -0.1) is 0 Å². The van der Waals surface area contributed by atoms with Crippen LogP contribution in [0.3, 0.4) is 0 Å². The second kappa shape index (κ2) is 4.59. The molecule has 0 spiro atoms. The topological polar surface area (TPSA) is 102 Å². The summed E-state index contributed by atoms with van der Waals surface area (Å²) in [5, 5.41) is 20.3. The van der Waals surface area contributed by atoms with Crippen molar-refractivity contribution in [2.75, 3.05) is 5.32 Å². The van der Waals surface area contributed by atoms with E-state index >= 15 is 0 Å². The van der Waals surface area contributed by atoms with Crippen LogP contribution in [0.25, 0.3) is 11.0 Å². The van der Waals surface area contributed by atoms with Crippen molar-refractivity contribution in [1.29, 1.82) is 5.26 Å². The lowest BCUT2D eigenvalue weighted by Gasteiger charge is -2.00. The van der Waals surface area contributed by atoms with Gasteiger partial charge in [0.25, 0.3) is 5.91 Å². The number of aliphatic hydroxyl groups is 1. The number of rotatable bonds is 2. The Labute approximate surface area is 103 Å². The quantitative estimate of drug-likeness (QED) is 0.425. The third-order valence-electron chi connectivity index (χ3n) is 2.32. The number of fused-ring (bicyclic) bond motifs is 1. The van der Waals surface area contributed by atoms with Gasteiger partial charge in [0.15, 0.2) is 5.57 Å². The molecule has 0 aliphatic rings. The molecule has 0 fully saturated rings. The van der Waals surface area contributed by atoms with Crippen LogP contribution >= 0.6 is 0 Å². The Morgan fingerprint density at radius 3 is 2.83 bits per heavy atom. The van der Waals surface area contributed by atoms with Crippen molar-refractivity contribution in [3.8, 4) is 6.07 Å². The van der Waals surface area contributed by atoms with Crippen molar-refractivity contribution < 1.29 is 9.90 Å². The van der Waals surface area contributed by atoms with Crippen LogP contribution in [-0.2, 0) is 4.79 Å². The highest BCUT2D eigenvalue weighted by Gasteiger charge is 2.14. The van der Waals surface area contributed by atoms with Crippen molar-refractivity contribution in [3.63, 3.8) is 0 Å². The summed E-state index contributed by atoms with van der Waals surface area (Å²) in [5.74, 6) is -0.794. The number of para-hydroxylation sites is 2. The van der Waals surface area contributed by atoms with E-state index in [4.69, 9.17) is 10.4 Å². The smallest absolute Gasteiger partial charge is 0.272 e. The van der Waals surface area contributed by atoms with E-state index in [0.29, 0.717) is 5.52 Å². The van der Waals surface area contributed by atoms with Crippen LogP contribution in [0.2, 0.25) is 0 Å². The molecular weight excluding hydrogens is 232 g/mol. The molecule has 0 aliphatic heterocycles. The number of hydrogen-bond acceptors (Lipinski definition) is 4. The number of aromatic nitrogens is 2. The van der Waals surface area contributed by atoms with Gasteiger partial charge in [-0.2, -0.15) is 5.26 Å². The SMILES string of the molecule is CC(O)=C(C#N)C(=O)Nc1nc2ccccc2[nH]1. The lowest BCUT2D eigenvalue weighted by Crippen LogP contribution is -2.15. The number of carbonyl (C=O) groups is 1. The molecule has 0 bridgehead atoms. The molecule has 1 aromatic heterocycles. The van der Waals surface area contributed by atoms with E-state index in [0.717, 1.165) is 5.52 Å². The third-order valence-corrected chi connectivity index (χ3v) is 2.32. The number of benzene rings is 1. The maximum Gasteiger partial charge on any atom is 0.272 e. The maximum atomic E-state index is 11.7. The monoisotopic (exact) mass is 242 g/mol. The molecule has 90 valence electrons. The normalized spacial score (nSPS) is 11.8. The highest BCUT2D eigenvalue weighted by Crippen LogP contribution is 2.14. The predicted octanol–water partition coefficient (Wildman–Crippen LogP) is 1.86. The first-order valence-corrected chi connectivity index (χ1v) is 5.18. The number of aliphatic hydroxyl groups excluding tert-OH is 1. The lowest BCUT2D eigenvalue weighted by molar-refractivity contribution is -0.112. The standard InChI is InChI=1S/C12H10N4O2/c1-7(17)8(6-13)11(18)16-12-14-9-4-2-3-5-10(9)15-12/h2-5,17H,1H3,(H2,14,15,16,18). The van der Waals surface area contributed by atoms with E-state index in [1.54, 1.807) is 12.1 Å². The molecule has 2 rings (SSSR count). The number of nitriles is 1. The molecule has 0 saturated carbocycles. The van der Waals surface area contributed by atoms with Crippen LogP contribution in [0.4, 0.5) is 5.95 Å². The summed E-state index contributed by atoms with van der Waals surface area (Å²) >= 11 is 0. The second-order valence-electron chi connectivity index (χ2n) is 3.63. The minimum absolute atomic E-state index is 0.232. The van der Waals surface area contributed by atoms with E-state index in [-0.39, 0.29) is 17.3 Å². The molecule has 2 aromatic rings. The summed E-state index contributed by atoms with van der Waals surface area (Å²) in [4.78, 5) is 18.7. The Morgan fingerprint density at radius 1 is 1.50 bits per heavy atom. The molecule has 0 radical (unpaired) electrons. The van der Waals surface area contributed by atoms with E-state index in [9.17, 15) is 4.79 Å². The zero-order valence-electron chi connectivity index (χ0n) is 9.56. The van der Waals surface area contributed by atoms with E-state index in [1.807, 2.05) is 18.2 Å². The predicted molar refractivity (Wildman–Crippen MR) is 65.7 cm³/mol. The molecule has 0 aliphatic carbocycles. The van der Waals surface area contributed by atoms with Crippen LogP contribution in [0.15, 0.2) is 35.6 Å². The number of H-pyrrole nitrogens is 1. The zero-order valence-corrected chi connectivity index (χ0v) is 9.56. The number of allylic oxidation sites excluding steroid dienone is 1. The van der Waals surface area contributed by atoms with E-state index in [2.05, 4.69) is 15.3 Å². The number of anilines is 1. The number of amides is 1. The number of nitrogens with zero attached hydrogens (tertiary/aromatic N) is 2. The van der Waals surface area contributed by atoms with Gasteiger partial charge < -0.3 is 10.1 Å². The molecule has 0 atom stereocenters. The summed E-state index contributed by atoms with van der Waals surface area (Å²) in [6, 6.07) is 8.90. The van der Waals surface area contributed by atoms with Crippen molar-refractivity contribution in [2.24, 2.45) is 0 Å². The van der Waals surface area contributed by atoms with Crippen LogP contribution < -0.4 is 5.32 Å². The zero-order chi connectivity index (χ0) is 13.1. The molecule has 6 nitrogen and oxygen atoms in total. The summed E-state index contributed by atoms with van der Waals surface area (Å²) < 4.78 is 0. The Kier molecular flexibility index (Phi) is 2.98. The van der Waals surface area contributed by atoms with Gasteiger partial charge in [-0.1, -0.05) is 12.1 Å². The van der Waals surface area contributed by atoms with Crippen LogP contribution in [0, 0.1) is 11.3 Å². The van der Waals surface area contributed by atoms with Crippen molar-refractivity contribution in [1.82, 2.24) is 9.97 Å². The minimum atomic E-state index is -0.698. The lowest BCUT2D eigenvalue weighted by atomic mass is 10.2. The molecule has 0 saturated heterocycles. The van der Waals surface area contributed by atoms with Gasteiger partial charge >= 0.3 is 0 Å². The molecule has 3 N–H and O–H groups in total. The number of hydrogen-bond donors (Lipinski definition) is 3. The minimum Gasteiger partial charge on any atom is -0.511 e. The fraction of sp³-hybridized carbons (Fsp3) is 0.0833. The van der Waals surface area contributed by atoms with Crippen LogP contribution in [0.5, 0.6) is 0 Å². The highest BCUT2D eigenvalue weighted by atomic mass is 16.3. The summed E-state index contributed by atoms with van der Waals surface area (Å²) in [7, 11) is 0. The molecule has 6 heteroatoms. The molecule has 1 aromatic carbocycles. The Bertz CT molecular complexity index is 642. The number of carbonyl (C=O) groups excluding carboxylic acids is 1. The summed E-state index contributed by atoms with van der Waals surface area (Å²) in [6.07, 6.45) is 0. The average molecular weight is 242 g/mol. The van der Waals surface area contributed by atoms with Crippen molar-refractivity contribution >= 4 is 22.9 Å². The largest absolute Gasteiger partial charge is 0.511 e. The van der Waals surface area contributed by atoms with Gasteiger partial charge in [-0.25, -0.2) is 4.98 Å². The van der Waals surface area contributed by atoms with Crippen LogP contribution in [-0.4, -0.2) is 21.0 Å². The summed E-state index contributed by atoms with van der Waals surface area (Å²) in [5.41, 5.74) is 1.14. The fourth-order valence-electron chi connectivity index (χ4n) is 1.48. The molecule has 1 amide bonds. The summed E-state index contributed by atoms with van der Waals surface area (Å²) in [6.45, 7) is 1.27. The molecular formula is C12H10N4O2. The third kappa shape index (κ3) is 2.15. The Morgan fingerprint density at radius 2 is 2.22 bits per heavy atom. The first-order valence-electron chi connectivity index (χ1n) is 5.18. The van der Waals surface area contributed by atoms with Crippen molar-refractivity contribution in [3.05, 3.63) is 35.6 Å². The maximum absolute atomic E-state index is 11.7. The first-order chi connectivity index (χ1) is 8.61. The first kappa shape index (κ1) is 11.7. The van der Waals surface area contributed by atoms with Gasteiger partial charge in [0.1, 0.15) is 11.8 Å². The number of nitrogens with one attached hydrogen (secondary N) is 2. The van der Waals surface area contributed by atoms with E-state index in [1.165, 1.54) is 6.92 Å². The molecule has 0 unspecified atom stereocenters.